The van der Waals surface area contributed by atoms with E-state index < -0.39 is 40.7 Å². The predicted octanol–water partition coefficient (Wildman–Crippen LogP) is 1.83. The molecular weight excluding hydrogens is 342 g/mol. The molecule has 0 saturated heterocycles. The van der Waals surface area contributed by atoms with Crippen LogP contribution >= 0.6 is 0 Å². The Morgan fingerprint density at radius 2 is 1.96 bits per heavy atom. The minimum Gasteiger partial charge on any atom is -0.501 e. The van der Waals surface area contributed by atoms with Crippen molar-refractivity contribution in [1.82, 2.24) is 14.5 Å². The van der Waals surface area contributed by atoms with Crippen LogP contribution in [0.3, 0.4) is 0 Å². The van der Waals surface area contributed by atoms with Crippen LogP contribution in [0.1, 0.15) is 62.4 Å². The molecule has 1 aliphatic rings. The zero-order chi connectivity index (χ0) is 19.6. The number of nitrogens with zero attached hydrogens (tertiary/aromatic N) is 3. The van der Waals surface area contributed by atoms with Crippen molar-refractivity contribution in [3.63, 3.8) is 0 Å². The predicted molar refractivity (Wildman–Crippen MR) is 92.1 cm³/mol. The van der Waals surface area contributed by atoms with E-state index in [2.05, 4.69) is 9.72 Å². The summed E-state index contributed by atoms with van der Waals surface area (Å²) in [6.07, 6.45) is 1.42. The highest BCUT2D eigenvalue weighted by Crippen LogP contribution is 2.29. The summed E-state index contributed by atoms with van der Waals surface area (Å²) in [5.41, 5.74) is -1.84. The molecule has 1 aromatic rings. The maximum absolute atomic E-state index is 12.5. The number of aromatic nitrogens is 2. The van der Waals surface area contributed by atoms with Crippen molar-refractivity contribution in [2.24, 2.45) is 0 Å². The van der Waals surface area contributed by atoms with Crippen LogP contribution < -0.4 is 5.56 Å². The lowest BCUT2D eigenvalue weighted by Gasteiger charge is -2.30. The Kier molecular flexibility index (Phi) is 5.58. The minimum absolute atomic E-state index is 0.235. The van der Waals surface area contributed by atoms with Gasteiger partial charge >= 0.3 is 12.1 Å². The molecule has 0 radical (unpaired) electrons. The van der Waals surface area contributed by atoms with Crippen molar-refractivity contribution in [3.05, 3.63) is 21.9 Å². The third-order valence-electron chi connectivity index (χ3n) is 4.11. The molecule has 2 rings (SSSR count). The molecule has 0 spiro atoms. The SMILES string of the molecule is COC(=O)c1nc2n(c(=O)c1O)CCCCC2N(C)C(=O)OC(C)(C)C. The molecule has 1 aromatic heterocycles. The van der Waals surface area contributed by atoms with Crippen molar-refractivity contribution in [2.45, 2.75) is 58.2 Å². The third-order valence-corrected chi connectivity index (χ3v) is 4.11. The van der Waals surface area contributed by atoms with Gasteiger partial charge in [0.05, 0.1) is 13.2 Å². The number of amides is 1. The fourth-order valence-electron chi connectivity index (χ4n) is 2.84. The zero-order valence-electron chi connectivity index (χ0n) is 15.7. The number of hydrogen-bond acceptors (Lipinski definition) is 7. The quantitative estimate of drug-likeness (QED) is 0.794. The summed E-state index contributed by atoms with van der Waals surface area (Å²) < 4.78 is 11.3. The maximum Gasteiger partial charge on any atom is 0.410 e. The normalized spacial score (nSPS) is 17.0. The van der Waals surface area contributed by atoms with Gasteiger partial charge in [0.15, 0.2) is 5.69 Å². The second kappa shape index (κ2) is 7.35. The number of ether oxygens (including phenoxy) is 2. The lowest BCUT2D eigenvalue weighted by atomic mass is 10.1. The van der Waals surface area contributed by atoms with Gasteiger partial charge in [0.2, 0.25) is 5.75 Å². The van der Waals surface area contributed by atoms with Crippen molar-refractivity contribution in [1.29, 1.82) is 0 Å². The van der Waals surface area contributed by atoms with E-state index in [9.17, 15) is 19.5 Å². The Balaban J connectivity index is 2.52. The van der Waals surface area contributed by atoms with Gasteiger partial charge in [0.25, 0.3) is 5.56 Å². The molecule has 0 fully saturated rings. The fraction of sp³-hybridized carbons (Fsp3) is 0.647. The van der Waals surface area contributed by atoms with E-state index in [0.717, 1.165) is 13.5 Å². The summed E-state index contributed by atoms with van der Waals surface area (Å²) in [6.45, 7) is 5.62. The van der Waals surface area contributed by atoms with Crippen molar-refractivity contribution < 1.29 is 24.2 Å². The molecule has 0 aliphatic carbocycles. The molecule has 9 heteroatoms. The number of carbonyl (C=O) groups excluding carboxylic acids is 2. The highest BCUT2D eigenvalue weighted by molar-refractivity contribution is 5.89. The first-order valence-corrected chi connectivity index (χ1v) is 8.44. The van der Waals surface area contributed by atoms with E-state index in [4.69, 9.17) is 4.74 Å². The van der Waals surface area contributed by atoms with Gasteiger partial charge in [0, 0.05) is 13.6 Å². The standard InChI is InChI=1S/C17H25N3O6/c1-17(2,3)26-16(24)19(4)10-8-6-7-9-20-13(10)18-11(15(23)25-5)12(21)14(20)22/h10,21H,6-9H2,1-5H3. The maximum atomic E-state index is 12.5. The fourth-order valence-corrected chi connectivity index (χ4v) is 2.84. The molecule has 1 aliphatic heterocycles. The number of aromatic hydroxyl groups is 1. The van der Waals surface area contributed by atoms with Crippen LogP contribution in [0.4, 0.5) is 4.79 Å². The van der Waals surface area contributed by atoms with E-state index in [0.29, 0.717) is 19.4 Å². The molecule has 0 saturated carbocycles. The van der Waals surface area contributed by atoms with E-state index >= 15 is 0 Å². The minimum atomic E-state index is -0.911. The van der Waals surface area contributed by atoms with E-state index in [1.165, 1.54) is 9.47 Å². The first kappa shape index (κ1) is 19.7. The number of hydrogen-bond donors (Lipinski definition) is 1. The van der Waals surface area contributed by atoms with Crippen molar-refractivity contribution in [3.8, 4) is 5.75 Å². The molecule has 26 heavy (non-hydrogen) atoms. The van der Waals surface area contributed by atoms with Crippen LogP contribution in [0.15, 0.2) is 4.79 Å². The summed E-state index contributed by atoms with van der Waals surface area (Å²) >= 11 is 0. The zero-order valence-corrected chi connectivity index (χ0v) is 15.7. The van der Waals surface area contributed by atoms with Gasteiger partial charge in [-0.1, -0.05) is 0 Å². The van der Waals surface area contributed by atoms with E-state index in [1.807, 2.05) is 0 Å². The summed E-state index contributed by atoms with van der Waals surface area (Å²) in [5.74, 6) is -1.42. The number of rotatable bonds is 2. The highest BCUT2D eigenvalue weighted by Gasteiger charge is 2.33. The first-order valence-electron chi connectivity index (χ1n) is 8.44. The summed E-state index contributed by atoms with van der Waals surface area (Å²) in [5, 5.41) is 10.0. The Labute approximate surface area is 151 Å². The Bertz CT molecular complexity index is 765. The summed E-state index contributed by atoms with van der Waals surface area (Å²) in [4.78, 5) is 42.4. The lowest BCUT2D eigenvalue weighted by Crippen LogP contribution is -2.39. The largest absolute Gasteiger partial charge is 0.501 e. The van der Waals surface area contributed by atoms with Gasteiger partial charge in [-0.25, -0.2) is 14.6 Å². The van der Waals surface area contributed by atoms with Crippen LogP contribution in [-0.4, -0.2) is 51.4 Å². The highest BCUT2D eigenvalue weighted by atomic mass is 16.6. The molecule has 144 valence electrons. The van der Waals surface area contributed by atoms with Crippen LogP contribution in [0, 0.1) is 0 Å². The van der Waals surface area contributed by atoms with Gasteiger partial charge in [-0.15, -0.1) is 0 Å². The molecule has 2 heterocycles. The first-order chi connectivity index (χ1) is 12.1. The van der Waals surface area contributed by atoms with Gasteiger partial charge in [0.1, 0.15) is 11.4 Å². The molecule has 0 aromatic carbocycles. The van der Waals surface area contributed by atoms with Gasteiger partial charge in [-0.05, 0) is 40.0 Å². The lowest BCUT2D eigenvalue weighted by molar-refractivity contribution is 0.0202. The number of esters is 1. The van der Waals surface area contributed by atoms with Gasteiger partial charge in [-0.2, -0.15) is 0 Å². The number of carbonyl (C=O) groups is 2. The molecule has 0 bridgehead atoms. The van der Waals surface area contributed by atoms with Crippen LogP contribution in [0.2, 0.25) is 0 Å². The van der Waals surface area contributed by atoms with Crippen molar-refractivity contribution in [2.75, 3.05) is 14.2 Å². The number of methoxy groups -OCH3 is 1. The third kappa shape index (κ3) is 3.97. The molecule has 1 amide bonds. The Hall–Kier alpha value is -2.58. The molecule has 1 unspecified atom stereocenters. The van der Waals surface area contributed by atoms with Gasteiger partial charge < -0.3 is 19.5 Å². The van der Waals surface area contributed by atoms with Gasteiger partial charge in [-0.3, -0.25) is 9.36 Å². The van der Waals surface area contributed by atoms with Crippen LogP contribution in [0.5, 0.6) is 5.75 Å². The Morgan fingerprint density at radius 3 is 2.54 bits per heavy atom. The van der Waals surface area contributed by atoms with Crippen molar-refractivity contribution >= 4 is 12.1 Å². The Morgan fingerprint density at radius 1 is 1.31 bits per heavy atom. The number of fused-ring (bicyclic) bond motifs is 1. The molecule has 9 nitrogen and oxygen atoms in total. The van der Waals surface area contributed by atoms with Crippen LogP contribution in [0.25, 0.3) is 0 Å². The molecule has 1 N–H and O–H groups in total. The summed E-state index contributed by atoms with van der Waals surface area (Å²) in [6, 6.07) is -0.566. The smallest absolute Gasteiger partial charge is 0.410 e. The second-order valence-corrected chi connectivity index (χ2v) is 7.22. The average molecular weight is 367 g/mol. The van der Waals surface area contributed by atoms with E-state index in [1.54, 1.807) is 27.8 Å². The molecular formula is C17H25N3O6. The molecule has 1 atom stereocenters. The monoisotopic (exact) mass is 367 g/mol. The second-order valence-electron chi connectivity index (χ2n) is 7.22. The average Bonchev–Trinajstić information content (AvgIpc) is 2.77. The van der Waals surface area contributed by atoms with E-state index in [-0.39, 0.29) is 5.82 Å². The topological polar surface area (TPSA) is 111 Å². The summed E-state index contributed by atoms with van der Waals surface area (Å²) in [7, 11) is 2.70. The van der Waals surface area contributed by atoms with Crippen LogP contribution in [-0.2, 0) is 16.0 Å².